The molecule has 0 aliphatic rings. The predicted octanol–water partition coefficient (Wildman–Crippen LogP) is 4.28. The smallest absolute Gasteiger partial charge is 0.00643 e. The molecule has 0 fully saturated rings. The molecule has 0 heterocycles. The van der Waals surface area contributed by atoms with E-state index in [9.17, 15) is 0 Å². The Kier molecular flexibility index (Phi) is 3.40. The van der Waals surface area contributed by atoms with Crippen molar-refractivity contribution in [2.24, 2.45) is 0 Å². The van der Waals surface area contributed by atoms with Gasteiger partial charge in [0.1, 0.15) is 0 Å². The van der Waals surface area contributed by atoms with Gasteiger partial charge in [-0.25, -0.2) is 0 Å². The Balaban J connectivity index is 2.49. The average molecular weight is 209 g/mol. The van der Waals surface area contributed by atoms with Gasteiger partial charge in [0.15, 0.2) is 0 Å². The minimum absolute atomic E-state index is 1.04. The van der Waals surface area contributed by atoms with Gasteiger partial charge in [-0.1, -0.05) is 56.3 Å². The van der Waals surface area contributed by atoms with Gasteiger partial charge < -0.3 is 0 Å². The maximum absolute atomic E-state index is 3.49. The molecule has 0 saturated heterocycles. The third-order valence-corrected chi connectivity index (χ3v) is 2.92. The molecule has 1 radical (unpaired) electrons. The average Bonchev–Trinajstić information content (AvgIpc) is 2.38. The van der Waals surface area contributed by atoms with E-state index in [-0.39, 0.29) is 0 Å². The summed E-state index contributed by atoms with van der Waals surface area (Å²) in [4.78, 5) is 0. The normalized spacial score (nSPS) is 10.4. The van der Waals surface area contributed by atoms with Crippen LogP contribution in [-0.4, -0.2) is 0 Å². The zero-order valence-electron chi connectivity index (χ0n) is 9.96. The van der Waals surface area contributed by atoms with E-state index in [0.717, 1.165) is 12.8 Å². The van der Waals surface area contributed by atoms with E-state index in [1.807, 2.05) is 0 Å². The molecule has 0 aliphatic carbocycles. The van der Waals surface area contributed by atoms with Crippen molar-refractivity contribution in [1.29, 1.82) is 0 Å². The van der Waals surface area contributed by atoms with Crippen LogP contribution in [0.25, 0.3) is 11.1 Å². The quantitative estimate of drug-likeness (QED) is 0.707. The van der Waals surface area contributed by atoms with Crippen molar-refractivity contribution >= 4 is 0 Å². The van der Waals surface area contributed by atoms with Crippen LogP contribution in [0, 0.1) is 6.07 Å². The molecular formula is C16H17. The second kappa shape index (κ2) is 4.98. The minimum Gasteiger partial charge on any atom is -0.0620 e. The van der Waals surface area contributed by atoms with Crippen LogP contribution < -0.4 is 0 Å². The van der Waals surface area contributed by atoms with E-state index in [0.29, 0.717) is 0 Å². The van der Waals surface area contributed by atoms with Crippen LogP contribution in [0.5, 0.6) is 0 Å². The van der Waals surface area contributed by atoms with Gasteiger partial charge in [0.05, 0.1) is 0 Å². The molecule has 2 aromatic carbocycles. The first kappa shape index (κ1) is 10.9. The summed E-state index contributed by atoms with van der Waals surface area (Å²) in [7, 11) is 0. The van der Waals surface area contributed by atoms with Gasteiger partial charge in [-0.3, -0.25) is 0 Å². The van der Waals surface area contributed by atoms with Gasteiger partial charge in [-0.15, -0.1) is 0 Å². The Morgan fingerprint density at radius 1 is 0.875 bits per heavy atom. The van der Waals surface area contributed by atoms with Crippen molar-refractivity contribution in [2.75, 3.05) is 0 Å². The first-order valence-electron chi connectivity index (χ1n) is 5.94. The molecule has 0 heteroatoms. The fourth-order valence-corrected chi connectivity index (χ4v) is 1.97. The maximum atomic E-state index is 3.49. The van der Waals surface area contributed by atoms with Crippen molar-refractivity contribution in [3.8, 4) is 11.1 Å². The lowest BCUT2D eigenvalue weighted by atomic mass is 9.96. The second-order valence-electron chi connectivity index (χ2n) is 3.95. The summed E-state index contributed by atoms with van der Waals surface area (Å²) in [6.07, 6.45) is 2.11. The highest BCUT2D eigenvalue weighted by atomic mass is 14.1. The Hall–Kier alpha value is -1.56. The molecule has 0 spiro atoms. The Morgan fingerprint density at radius 3 is 2.44 bits per heavy atom. The molecule has 0 atom stereocenters. The maximum Gasteiger partial charge on any atom is -0.00643 e. The summed E-state index contributed by atoms with van der Waals surface area (Å²) in [5.41, 5.74) is 5.22. The summed E-state index contributed by atoms with van der Waals surface area (Å²) in [6, 6.07) is 18.5. The molecule has 2 aromatic rings. The Bertz CT molecular complexity index is 469. The van der Waals surface area contributed by atoms with E-state index in [1.54, 1.807) is 0 Å². The highest BCUT2D eigenvalue weighted by molar-refractivity contribution is 5.67. The predicted molar refractivity (Wildman–Crippen MR) is 69.5 cm³/mol. The van der Waals surface area contributed by atoms with Gasteiger partial charge in [0.2, 0.25) is 0 Å². The fraction of sp³-hybridized carbons (Fsp3) is 0.250. The van der Waals surface area contributed by atoms with E-state index < -0.39 is 0 Å². The number of hydrogen-bond acceptors (Lipinski definition) is 0. The highest BCUT2D eigenvalue weighted by Crippen LogP contribution is 2.24. The second-order valence-corrected chi connectivity index (χ2v) is 3.95. The summed E-state index contributed by atoms with van der Waals surface area (Å²) >= 11 is 0. The van der Waals surface area contributed by atoms with Crippen molar-refractivity contribution in [2.45, 2.75) is 26.7 Å². The number of hydrogen-bond donors (Lipinski definition) is 0. The standard InChI is InChI=1S/C16H17/c1-3-13-8-7-10-15(12-13)16-11-6-5-9-14(16)4-2/h5-11H,3-4H2,1-2H3. The van der Waals surface area contributed by atoms with Crippen molar-refractivity contribution in [3.63, 3.8) is 0 Å². The summed E-state index contributed by atoms with van der Waals surface area (Å²) in [6.45, 7) is 4.36. The molecule has 0 bridgehead atoms. The molecule has 16 heavy (non-hydrogen) atoms. The first-order valence-corrected chi connectivity index (χ1v) is 5.94. The Morgan fingerprint density at radius 2 is 1.69 bits per heavy atom. The van der Waals surface area contributed by atoms with E-state index in [4.69, 9.17) is 0 Å². The molecule has 0 aromatic heterocycles. The van der Waals surface area contributed by atoms with Crippen LogP contribution >= 0.6 is 0 Å². The lowest BCUT2D eigenvalue weighted by Crippen LogP contribution is -1.88. The third-order valence-electron chi connectivity index (χ3n) is 2.92. The van der Waals surface area contributed by atoms with Crippen LogP contribution in [0.1, 0.15) is 25.0 Å². The topological polar surface area (TPSA) is 0 Å². The van der Waals surface area contributed by atoms with E-state index in [2.05, 4.69) is 62.4 Å². The van der Waals surface area contributed by atoms with Crippen LogP contribution in [0.2, 0.25) is 0 Å². The van der Waals surface area contributed by atoms with Crippen LogP contribution in [0.15, 0.2) is 42.5 Å². The van der Waals surface area contributed by atoms with Crippen molar-refractivity contribution in [3.05, 3.63) is 59.7 Å². The molecular weight excluding hydrogens is 192 g/mol. The minimum atomic E-state index is 1.04. The summed E-state index contributed by atoms with van der Waals surface area (Å²) in [5, 5.41) is 0. The largest absolute Gasteiger partial charge is 0.0620 e. The molecule has 2 rings (SSSR count). The molecule has 81 valence electrons. The third kappa shape index (κ3) is 2.16. The number of rotatable bonds is 3. The number of aryl methyl sites for hydroxylation is 2. The summed E-state index contributed by atoms with van der Waals surface area (Å²) in [5.74, 6) is 0. The molecule has 0 nitrogen and oxygen atoms in total. The SMILES string of the molecule is CCc1[c]c(-c2ccccc2CC)ccc1. The van der Waals surface area contributed by atoms with Gasteiger partial charge in [0, 0.05) is 0 Å². The zero-order chi connectivity index (χ0) is 11.4. The molecule has 0 amide bonds. The van der Waals surface area contributed by atoms with Crippen molar-refractivity contribution < 1.29 is 0 Å². The molecule has 0 N–H and O–H groups in total. The van der Waals surface area contributed by atoms with E-state index in [1.165, 1.54) is 22.3 Å². The van der Waals surface area contributed by atoms with Crippen molar-refractivity contribution in [1.82, 2.24) is 0 Å². The fourth-order valence-electron chi connectivity index (χ4n) is 1.97. The molecule has 0 unspecified atom stereocenters. The van der Waals surface area contributed by atoms with Gasteiger partial charge in [-0.2, -0.15) is 0 Å². The lowest BCUT2D eigenvalue weighted by Gasteiger charge is -2.08. The molecule has 0 saturated carbocycles. The van der Waals surface area contributed by atoms with Crippen LogP contribution in [0.3, 0.4) is 0 Å². The zero-order valence-corrected chi connectivity index (χ0v) is 9.96. The monoisotopic (exact) mass is 209 g/mol. The van der Waals surface area contributed by atoms with E-state index >= 15 is 0 Å². The Labute approximate surface area is 97.9 Å². The van der Waals surface area contributed by atoms with Crippen LogP contribution in [-0.2, 0) is 12.8 Å². The lowest BCUT2D eigenvalue weighted by molar-refractivity contribution is 1.13. The van der Waals surface area contributed by atoms with Gasteiger partial charge in [0.25, 0.3) is 0 Å². The number of benzene rings is 2. The highest BCUT2D eigenvalue weighted by Gasteiger charge is 2.03. The van der Waals surface area contributed by atoms with Crippen LogP contribution in [0.4, 0.5) is 0 Å². The van der Waals surface area contributed by atoms with Gasteiger partial charge >= 0.3 is 0 Å². The summed E-state index contributed by atoms with van der Waals surface area (Å²) < 4.78 is 0. The first-order chi connectivity index (χ1) is 7.85. The van der Waals surface area contributed by atoms with Gasteiger partial charge in [-0.05, 0) is 41.2 Å². The molecule has 0 aliphatic heterocycles.